The highest BCUT2D eigenvalue weighted by Crippen LogP contribution is 2.27. The number of nitrogens with one attached hydrogen (secondary N) is 1. The molecule has 2 N–H and O–H groups in total. The molecule has 0 saturated carbocycles. The van der Waals surface area contributed by atoms with Gasteiger partial charge < -0.3 is 15.3 Å². The lowest BCUT2D eigenvalue weighted by atomic mass is 10.1. The summed E-state index contributed by atoms with van der Waals surface area (Å²) in [5, 5.41) is 27.9. The minimum atomic E-state index is -0.597. The average Bonchev–Trinajstić information content (AvgIpc) is 3.15. The normalized spacial score (nSPS) is 11.2. The number of rotatable bonds is 8. The fourth-order valence-corrected chi connectivity index (χ4v) is 2.94. The van der Waals surface area contributed by atoms with E-state index >= 15 is 0 Å². The van der Waals surface area contributed by atoms with E-state index in [4.69, 9.17) is 9.94 Å². The predicted octanol–water partition coefficient (Wildman–Crippen LogP) is 3.05. The molecule has 2 rings (SSSR count). The lowest BCUT2D eigenvalue weighted by molar-refractivity contribution is -0.385. The van der Waals surface area contributed by atoms with E-state index in [9.17, 15) is 14.9 Å². The highest BCUT2D eigenvalue weighted by atomic mass is 32.1. The first-order valence-electron chi connectivity index (χ1n) is 7.42. The number of thiophene rings is 1. The van der Waals surface area contributed by atoms with E-state index in [-0.39, 0.29) is 17.0 Å². The second kappa shape index (κ2) is 8.78. The monoisotopic (exact) mass is 363 g/mol. The fraction of sp³-hybridized carbons (Fsp3) is 0.250. The lowest BCUT2D eigenvalue weighted by Crippen LogP contribution is -2.25. The van der Waals surface area contributed by atoms with Crippen LogP contribution in [-0.2, 0) is 0 Å². The molecule has 0 bridgehead atoms. The van der Waals surface area contributed by atoms with Crippen molar-refractivity contribution in [1.82, 2.24) is 5.32 Å². The van der Waals surface area contributed by atoms with Crippen LogP contribution in [0, 0.1) is 10.1 Å². The van der Waals surface area contributed by atoms with Crippen molar-refractivity contribution in [3.05, 3.63) is 56.3 Å². The largest absolute Gasteiger partial charge is 0.490 e. The van der Waals surface area contributed by atoms with Gasteiger partial charge in [0.15, 0.2) is 5.75 Å². The van der Waals surface area contributed by atoms with Crippen LogP contribution in [0.2, 0.25) is 0 Å². The van der Waals surface area contributed by atoms with Gasteiger partial charge in [-0.15, -0.1) is 11.3 Å². The third kappa shape index (κ3) is 4.77. The van der Waals surface area contributed by atoms with E-state index in [2.05, 4.69) is 10.5 Å². The van der Waals surface area contributed by atoms with Crippen LogP contribution in [0.4, 0.5) is 5.69 Å². The van der Waals surface area contributed by atoms with Gasteiger partial charge in [-0.2, -0.15) is 0 Å². The Morgan fingerprint density at radius 2 is 2.24 bits per heavy atom. The summed E-state index contributed by atoms with van der Waals surface area (Å²) in [6, 6.07) is 7.76. The molecular weight excluding hydrogens is 346 g/mol. The van der Waals surface area contributed by atoms with E-state index in [0.717, 1.165) is 4.88 Å². The zero-order valence-electron chi connectivity index (χ0n) is 13.5. The van der Waals surface area contributed by atoms with Gasteiger partial charge in [-0.05, 0) is 36.4 Å². The van der Waals surface area contributed by atoms with Crippen molar-refractivity contribution in [3.63, 3.8) is 0 Å². The van der Waals surface area contributed by atoms with Crippen molar-refractivity contribution < 1.29 is 19.7 Å². The van der Waals surface area contributed by atoms with Crippen LogP contribution in [-0.4, -0.2) is 35.4 Å². The molecule has 0 radical (unpaired) electrons. The molecule has 8 nitrogen and oxygen atoms in total. The first-order chi connectivity index (χ1) is 12.1. The van der Waals surface area contributed by atoms with Crippen molar-refractivity contribution in [2.75, 3.05) is 13.7 Å². The number of hydrogen-bond acceptors (Lipinski definition) is 7. The predicted molar refractivity (Wildman–Crippen MR) is 93.9 cm³/mol. The molecule has 0 spiro atoms. The van der Waals surface area contributed by atoms with Crippen molar-refractivity contribution in [2.24, 2.45) is 5.16 Å². The zero-order chi connectivity index (χ0) is 18.2. The Morgan fingerprint density at radius 3 is 2.84 bits per heavy atom. The number of ether oxygens (including phenoxy) is 1. The Labute approximate surface area is 147 Å². The second-order valence-corrected chi connectivity index (χ2v) is 5.97. The van der Waals surface area contributed by atoms with Gasteiger partial charge in [0.25, 0.3) is 5.91 Å². The van der Waals surface area contributed by atoms with Crippen molar-refractivity contribution in [2.45, 2.75) is 12.8 Å². The fourth-order valence-electron chi connectivity index (χ4n) is 2.20. The summed E-state index contributed by atoms with van der Waals surface area (Å²) >= 11 is 1.47. The molecule has 0 aliphatic rings. The molecule has 25 heavy (non-hydrogen) atoms. The first kappa shape index (κ1) is 18.4. The molecule has 0 aliphatic carbocycles. The number of nitro benzene ring substituents is 1. The number of nitro groups is 1. The van der Waals surface area contributed by atoms with Gasteiger partial charge in [0, 0.05) is 18.2 Å². The van der Waals surface area contributed by atoms with E-state index < -0.39 is 10.8 Å². The molecule has 1 heterocycles. The van der Waals surface area contributed by atoms with Gasteiger partial charge >= 0.3 is 5.69 Å². The number of oxime groups is 1. The molecule has 1 amide bonds. The highest BCUT2D eigenvalue weighted by Gasteiger charge is 2.18. The summed E-state index contributed by atoms with van der Waals surface area (Å²) in [4.78, 5) is 23.4. The maximum atomic E-state index is 12.1. The van der Waals surface area contributed by atoms with Crippen LogP contribution in [0.3, 0.4) is 0 Å². The van der Waals surface area contributed by atoms with Crippen molar-refractivity contribution in [1.29, 1.82) is 0 Å². The van der Waals surface area contributed by atoms with Crippen LogP contribution in [0.5, 0.6) is 5.75 Å². The third-order valence-corrected chi connectivity index (χ3v) is 4.36. The molecule has 0 atom stereocenters. The van der Waals surface area contributed by atoms with E-state index in [1.807, 2.05) is 17.5 Å². The zero-order valence-corrected chi connectivity index (χ0v) is 14.3. The number of amides is 1. The van der Waals surface area contributed by atoms with Gasteiger partial charge in [-0.1, -0.05) is 11.2 Å². The lowest BCUT2D eigenvalue weighted by Gasteiger charge is -2.07. The maximum absolute atomic E-state index is 12.1. The summed E-state index contributed by atoms with van der Waals surface area (Å²) in [7, 11) is 1.33. The smallest absolute Gasteiger partial charge is 0.311 e. The molecule has 1 aromatic heterocycles. The maximum Gasteiger partial charge on any atom is 0.311 e. The van der Waals surface area contributed by atoms with Crippen LogP contribution >= 0.6 is 11.3 Å². The first-order valence-corrected chi connectivity index (χ1v) is 8.30. The summed E-state index contributed by atoms with van der Waals surface area (Å²) < 4.78 is 4.90. The molecule has 0 saturated heterocycles. The minimum Gasteiger partial charge on any atom is -0.490 e. The van der Waals surface area contributed by atoms with Gasteiger partial charge in [0.1, 0.15) is 0 Å². The van der Waals surface area contributed by atoms with Crippen molar-refractivity contribution >= 4 is 28.6 Å². The standard InChI is InChI=1S/C16H17N3O5S/c1-24-14-7-6-11(10-13(14)19(22)23)16(20)17-8-2-4-12(18-21)15-5-3-9-25-15/h3,5-7,9-10,21H,2,4,8H2,1H3,(H,17,20)/b18-12+. The Bertz CT molecular complexity index is 774. The topological polar surface area (TPSA) is 114 Å². The molecule has 0 aliphatic heterocycles. The number of carbonyl (C=O) groups is 1. The summed E-state index contributed by atoms with van der Waals surface area (Å²) in [6.07, 6.45) is 1.07. The van der Waals surface area contributed by atoms with Gasteiger partial charge in [0.2, 0.25) is 0 Å². The second-order valence-electron chi connectivity index (χ2n) is 5.03. The molecule has 0 fully saturated rings. The Hall–Kier alpha value is -2.94. The van der Waals surface area contributed by atoms with Gasteiger partial charge in [-0.25, -0.2) is 0 Å². The Morgan fingerprint density at radius 1 is 1.44 bits per heavy atom. The molecule has 0 unspecified atom stereocenters. The third-order valence-electron chi connectivity index (χ3n) is 3.44. The van der Waals surface area contributed by atoms with E-state index in [1.54, 1.807) is 0 Å². The van der Waals surface area contributed by atoms with E-state index in [0.29, 0.717) is 25.1 Å². The molecule has 2 aromatic rings. The number of benzene rings is 1. The van der Waals surface area contributed by atoms with Crippen LogP contribution in [0.25, 0.3) is 0 Å². The highest BCUT2D eigenvalue weighted by molar-refractivity contribution is 7.12. The summed E-state index contributed by atoms with van der Waals surface area (Å²) in [6.45, 7) is 0.350. The SMILES string of the molecule is COc1ccc(C(=O)NCCC/C(=N\O)c2cccs2)cc1[N+](=O)[O-]. The van der Waals surface area contributed by atoms with Gasteiger partial charge in [-0.3, -0.25) is 14.9 Å². The number of carbonyl (C=O) groups excluding carboxylic acids is 1. The Kier molecular flexibility index (Phi) is 6.47. The van der Waals surface area contributed by atoms with Gasteiger partial charge in [0.05, 0.1) is 22.6 Å². The average molecular weight is 363 g/mol. The number of hydrogen-bond donors (Lipinski definition) is 2. The van der Waals surface area contributed by atoms with Crippen LogP contribution < -0.4 is 10.1 Å². The quantitative estimate of drug-likeness (QED) is 0.246. The van der Waals surface area contributed by atoms with Crippen LogP contribution in [0.1, 0.15) is 28.1 Å². The van der Waals surface area contributed by atoms with Crippen molar-refractivity contribution in [3.8, 4) is 5.75 Å². The molecule has 9 heteroatoms. The summed E-state index contributed by atoms with van der Waals surface area (Å²) in [5.41, 5.74) is 0.480. The summed E-state index contributed by atoms with van der Waals surface area (Å²) in [5.74, 6) is -0.314. The minimum absolute atomic E-state index is 0.0984. The van der Waals surface area contributed by atoms with Crippen LogP contribution in [0.15, 0.2) is 40.9 Å². The number of nitrogens with zero attached hydrogens (tertiary/aromatic N) is 2. The molecular formula is C16H17N3O5S. The van der Waals surface area contributed by atoms with E-state index in [1.165, 1.54) is 36.6 Å². The Balaban J connectivity index is 1.90. The molecule has 132 valence electrons. The number of methoxy groups -OCH3 is 1. The molecule has 1 aromatic carbocycles.